The number of hydrogen-bond acceptors (Lipinski definition) is 3. The number of aryl methyl sites for hydroxylation is 1. The van der Waals surface area contributed by atoms with Gasteiger partial charge in [-0.2, -0.15) is 0 Å². The summed E-state index contributed by atoms with van der Waals surface area (Å²) in [6.07, 6.45) is 0. The quantitative estimate of drug-likeness (QED) is 0.788. The van der Waals surface area contributed by atoms with Gasteiger partial charge in [0.2, 0.25) is 0 Å². The first-order valence-corrected chi connectivity index (χ1v) is 8.93. The number of H-pyrrole nitrogens is 1. The van der Waals surface area contributed by atoms with Crippen molar-refractivity contribution in [3.63, 3.8) is 0 Å². The van der Waals surface area contributed by atoms with Gasteiger partial charge in [0.25, 0.3) is 5.91 Å². The second-order valence-electron chi connectivity index (χ2n) is 6.62. The smallest absolute Gasteiger partial charge is 0.270 e. The molecule has 2 heterocycles. The molecule has 0 saturated carbocycles. The summed E-state index contributed by atoms with van der Waals surface area (Å²) < 4.78 is 5.46. The molecule has 5 heteroatoms. The van der Waals surface area contributed by atoms with Gasteiger partial charge < -0.3 is 19.5 Å². The number of carbonyl (C=O) groups is 1. The Morgan fingerprint density at radius 2 is 1.69 bits per heavy atom. The van der Waals surface area contributed by atoms with E-state index in [1.807, 2.05) is 48.2 Å². The number of benzene rings is 2. The summed E-state index contributed by atoms with van der Waals surface area (Å²) in [4.78, 5) is 20.5. The Bertz CT molecular complexity index is 939. The van der Waals surface area contributed by atoms with E-state index in [2.05, 4.69) is 22.0 Å². The number of methoxy groups -OCH3 is 1. The number of amides is 1. The van der Waals surface area contributed by atoms with Crippen LogP contribution in [0.25, 0.3) is 10.9 Å². The van der Waals surface area contributed by atoms with Gasteiger partial charge in [0.1, 0.15) is 11.4 Å². The highest BCUT2D eigenvalue weighted by atomic mass is 16.5. The number of carbonyl (C=O) groups excluding carboxylic acids is 1. The van der Waals surface area contributed by atoms with Crippen LogP contribution in [-0.2, 0) is 0 Å². The average Bonchev–Trinajstić information content (AvgIpc) is 3.04. The van der Waals surface area contributed by atoms with E-state index < -0.39 is 0 Å². The summed E-state index contributed by atoms with van der Waals surface area (Å²) in [5.41, 5.74) is 3.83. The van der Waals surface area contributed by atoms with E-state index >= 15 is 0 Å². The molecular weight excluding hydrogens is 326 g/mol. The topological polar surface area (TPSA) is 48.6 Å². The number of nitrogens with one attached hydrogen (secondary N) is 1. The fraction of sp³-hybridized carbons (Fsp3) is 0.286. The second-order valence-corrected chi connectivity index (χ2v) is 6.62. The van der Waals surface area contributed by atoms with Crippen molar-refractivity contribution in [1.82, 2.24) is 9.88 Å². The molecule has 1 aromatic heterocycles. The van der Waals surface area contributed by atoms with Crippen molar-refractivity contribution in [2.45, 2.75) is 6.92 Å². The largest absolute Gasteiger partial charge is 0.495 e. The molecule has 0 radical (unpaired) electrons. The molecule has 0 unspecified atom stereocenters. The van der Waals surface area contributed by atoms with E-state index in [0.29, 0.717) is 18.8 Å². The van der Waals surface area contributed by atoms with E-state index in [4.69, 9.17) is 4.74 Å². The maximum atomic E-state index is 13.0. The highest BCUT2D eigenvalue weighted by Gasteiger charge is 2.26. The van der Waals surface area contributed by atoms with Crippen LogP contribution in [0.5, 0.6) is 5.75 Å². The van der Waals surface area contributed by atoms with Gasteiger partial charge in [-0.15, -0.1) is 0 Å². The Labute approximate surface area is 153 Å². The molecular formula is C21H23N3O2. The maximum Gasteiger partial charge on any atom is 0.270 e. The van der Waals surface area contributed by atoms with Gasteiger partial charge in [-0.1, -0.05) is 30.3 Å². The highest BCUT2D eigenvalue weighted by Crippen LogP contribution is 2.29. The molecule has 3 aromatic rings. The number of piperazine rings is 1. The van der Waals surface area contributed by atoms with Crippen molar-refractivity contribution >= 4 is 22.5 Å². The normalized spacial score (nSPS) is 14.7. The molecule has 0 bridgehead atoms. The molecule has 4 rings (SSSR count). The van der Waals surface area contributed by atoms with Crippen molar-refractivity contribution < 1.29 is 9.53 Å². The van der Waals surface area contributed by atoms with Crippen LogP contribution in [0.2, 0.25) is 0 Å². The predicted molar refractivity (Wildman–Crippen MR) is 104 cm³/mol. The number of hydrogen-bond donors (Lipinski definition) is 1. The van der Waals surface area contributed by atoms with Gasteiger partial charge >= 0.3 is 0 Å². The third-order valence-electron chi connectivity index (χ3n) is 5.17. The van der Waals surface area contributed by atoms with Gasteiger partial charge in [-0.05, 0) is 30.7 Å². The molecule has 1 saturated heterocycles. The minimum absolute atomic E-state index is 0.0818. The number of nitrogens with zero attached hydrogens (tertiary/aromatic N) is 2. The fourth-order valence-corrected chi connectivity index (χ4v) is 3.70. The number of ether oxygens (including phenoxy) is 1. The summed E-state index contributed by atoms with van der Waals surface area (Å²) >= 11 is 0. The summed E-state index contributed by atoms with van der Waals surface area (Å²) in [5, 5.41) is 1.11. The molecule has 0 atom stereocenters. The molecule has 1 aliphatic heterocycles. The molecule has 2 aromatic carbocycles. The van der Waals surface area contributed by atoms with E-state index in [9.17, 15) is 4.79 Å². The van der Waals surface area contributed by atoms with Crippen LogP contribution in [0.4, 0.5) is 5.69 Å². The van der Waals surface area contributed by atoms with E-state index in [0.717, 1.165) is 41.0 Å². The van der Waals surface area contributed by atoms with E-state index in [1.165, 1.54) is 0 Å². The second kappa shape index (κ2) is 6.75. The fourth-order valence-electron chi connectivity index (χ4n) is 3.70. The van der Waals surface area contributed by atoms with Crippen LogP contribution in [0.15, 0.2) is 48.5 Å². The minimum Gasteiger partial charge on any atom is -0.495 e. The van der Waals surface area contributed by atoms with Crippen LogP contribution in [0.3, 0.4) is 0 Å². The third kappa shape index (κ3) is 2.79. The number of rotatable bonds is 3. The predicted octanol–water partition coefficient (Wildman–Crippen LogP) is 3.45. The Hall–Kier alpha value is -2.95. The standard InChI is InChI=1S/C21H23N3O2/c1-15-16-7-3-4-8-17(16)22-20(15)21(25)24-13-11-23(12-14-24)18-9-5-6-10-19(18)26-2/h3-10,22H,11-14H2,1-2H3. The van der Waals surface area contributed by atoms with Gasteiger partial charge in [-0.3, -0.25) is 4.79 Å². The van der Waals surface area contributed by atoms with Crippen molar-refractivity contribution in [2.24, 2.45) is 0 Å². The van der Waals surface area contributed by atoms with Crippen molar-refractivity contribution in [2.75, 3.05) is 38.2 Å². The van der Waals surface area contributed by atoms with Crippen LogP contribution < -0.4 is 9.64 Å². The van der Waals surface area contributed by atoms with Crippen LogP contribution in [0.1, 0.15) is 16.1 Å². The zero-order valence-electron chi connectivity index (χ0n) is 15.2. The zero-order chi connectivity index (χ0) is 18.1. The first-order valence-electron chi connectivity index (χ1n) is 8.93. The molecule has 0 aliphatic carbocycles. The van der Waals surface area contributed by atoms with Gasteiger partial charge in [0, 0.05) is 37.1 Å². The number of para-hydroxylation sites is 3. The Balaban J connectivity index is 1.50. The Kier molecular flexibility index (Phi) is 4.29. The molecule has 1 fully saturated rings. The summed E-state index contributed by atoms with van der Waals surface area (Å²) in [6, 6.07) is 16.1. The molecule has 0 spiro atoms. The summed E-state index contributed by atoms with van der Waals surface area (Å²) in [6.45, 7) is 5.01. The highest BCUT2D eigenvalue weighted by molar-refractivity contribution is 6.01. The summed E-state index contributed by atoms with van der Waals surface area (Å²) in [7, 11) is 1.69. The molecule has 134 valence electrons. The van der Waals surface area contributed by atoms with Crippen molar-refractivity contribution in [1.29, 1.82) is 0 Å². The van der Waals surface area contributed by atoms with Gasteiger partial charge in [0.15, 0.2) is 0 Å². The summed E-state index contributed by atoms with van der Waals surface area (Å²) in [5.74, 6) is 0.956. The lowest BCUT2D eigenvalue weighted by atomic mass is 10.1. The molecule has 1 aliphatic rings. The van der Waals surface area contributed by atoms with Crippen LogP contribution in [0, 0.1) is 6.92 Å². The number of aromatic nitrogens is 1. The lowest BCUT2D eigenvalue weighted by molar-refractivity contribution is 0.0741. The molecule has 26 heavy (non-hydrogen) atoms. The lowest BCUT2D eigenvalue weighted by Gasteiger charge is -2.36. The Morgan fingerprint density at radius 1 is 1.00 bits per heavy atom. The van der Waals surface area contributed by atoms with Gasteiger partial charge in [-0.25, -0.2) is 0 Å². The van der Waals surface area contributed by atoms with Crippen LogP contribution in [-0.4, -0.2) is 49.1 Å². The minimum atomic E-state index is 0.0818. The monoisotopic (exact) mass is 349 g/mol. The van der Waals surface area contributed by atoms with E-state index in [1.54, 1.807) is 7.11 Å². The number of aromatic amines is 1. The molecule has 1 N–H and O–H groups in total. The Morgan fingerprint density at radius 3 is 2.42 bits per heavy atom. The SMILES string of the molecule is COc1ccccc1N1CCN(C(=O)c2[nH]c3ccccc3c2C)CC1. The van der Waals surface area contributed by atoms with E-state index in [-0.39, 0.29) is 5.91 Å². The third-order valence-corrected chi connectivity index (χ3v) is 5.17. The zero-order valence-corrected chi connectivity index (χ0v) is 15.2. The van der Waals surface area contributed by atoms with Crippen LogP contribution >= 0.6 is 0 Å². The lowest BCUT2D eigenvalue weighted by Crippen LogP contribution is -2.49. The first-order chi connectivity index (χ1) is 12.7. The van der Waals surface area contributed by atoms with Crippen molar-refractivity contribution in [3.8, 4) is 5.75 Å². The number of fused-ring (bicyclic) bond motifs is 1. The first kappa shape index (κ1) is 16.5. The van der Waals surface area contributed by atoms with Gasteiger partial charge in [0.05, 0.1) is 12.8 Å². The number of anilines is 1. The van der Waals surface area contributed by atoms with Crippen molar-refractivity contribution in [3.05, 3.63) is 59.8 Å². The average molecular weight is 349 g/mol. The maximum absolute atomic E-state index is 13.0. The molecule has 1 amide bonds. The molecule has 5 nitrogen and oxygen atoms in total.